The van der Waals surface area contributed by atoms with Gasteiger partial charge in [0, 0.05) is 12.1 Å². The molecule has 2 heterocycles. The predicted molar refractivity (Wildman–Crippen MR) is 51.7 cm³/mol. The summed E-state index contributed by atoms with van der Waals surface area (Å²) in [5, 5.41) is 3.78. The maximum atomic E-state index is 5.83. The van der Waals surface area contributed by atoms with Crippen molar-refractivity contribution in [1.82, 2.24) is 5.32 Å². The third-order valence-corrected chi connectivity index (χ3v) is 3.91. The molecule has 0 aromatic heterocycles. The molecule has 3 aliphatic rings. The quantitative estimate of drug-likeness (QED) is 0.702. The van der Waals surface area contributed by atoms with E-state index in [4.69, 9.17) is 4.74 Å². The van der Waals surface area contributed by atoms with Crippen LogP contribution in [0.4, 0.5) is 0 Å². The van der Waals surface area contributed by atoms with Crippen LogP contribution in [0.15, 0.2) is 0 Å². The maximum Gasteiger partial charge on any atom is 0.0733 e. The Kier molecular flexibility index (Phi) is 2.06. The molecule has 2 nitrogen and oxygen atoms in total. The average Bonchev–Trinajstić information content (AvgIpc) is 2.77. The van der Waals surface area contributed by atoms with Crippen LogP contribution in [0.3, 0.4) is 0 Å². The number of hydrogen-bond acceptors (Lipinski definition) is 2. The highest BCUT2D eigenvalue weighted by Crippen LogP contribution is 2.35. The van der Waals surface area contributed by atoms with Crippen molar-refractivity contribution in [3.8, 4) is 0 Å². The Balaban J connectivity index is 1.55. The van der Waals surface area contributed by atoms with Gasteiger partial charge in [0.05, 0.1) is 12.2 Å². The molecule has 1 N–H and O–H groups in total. The third kappa shape index (κ3) is 1.50. The average molecular weight is 181 g/mol. The molecule has 3 fully saturated rings. The minimum atomic E-state index is 0.561. The maximum absolute atomic E-state index is 5.83. The summed E-state index contributed by atoms with van der Waals surface area (Å²) in [7, 11) is 0. The molecular weight excluding hydrogens is 162 g/mol. The standard InChI is InChI=1S/C11H19NO/c1-2-4-8(3-1)12-10-7-9-5-6-11(10)13-9/h8-12H,1-7H2/t9-,10-,11+/m1/s1. The van der Waals surface area contributed by atoms with Crippen molar-refractivity contribution in [3.63, 3.8) is 0 Å². The van der Waals surface area contributed by atoms with Crippen LogP contribution in [0.5, 0.6) is 0 Å². The Morgan fingerprint density at radius 2 is 1.85 bits per heavy atom. The first kappa shape index (κ1) is 8.25. The number of nitrogens with one attached hydrogen (secondary N) is 1. The molecule has 13 heavy (non-hydrogen) atoms. The zero-order valence-corrected chi connectivity index (χ0v) is 8.17. The molecule has 3 rings (SSSR count). The predicted octanol–water partition coefficient (Wildman–Crippen LogP) is 1.84. The smallest absolute Gasteiger partial charge is 0.0733 e. The Bertz CT molecular complexity index is 189. The van der Waals surface area contributed by atoms with Gasteiger partial charge in [-0.15, -0.1) is 0 Å². The zero-order valence-electron chi connectivity index (χ0n) is 8.17. The third-order valence-electron chi connectivity index (χ3n) is 3.91. The van der Waals surface area contributed by atoms with Crippen LogP contribution in [0.25, 0.3) is 0 Å². The molecule has 3 atom stereocenters. The minimum absolute atomic E-state index is 0.561. The fourth-order valence-electron chi connectivity index (χ4n) is 3.21. The van der Waals surface area contributed by atoms with E-state index >= 15 is 0 Å². The SMILES string of the molecule is C1CCC(N[C@@H]2C[C@H]3CC[C@@H]2O3)C1. The van der Waals surface area contributed by atoms with Gasteiger partial charge in [0.2, 0.25) is 0 Å². The number of rotatable bonds is 2. The number of ether oxygens (including phenoxy) is 1. The molecule has 1 saturated carbocycles. The van der Waals surface area contributed by atoms with E-state index < -0.39 is 0 Å². The molecule has 2 saturated heterocycles. The highest BCUT2D eigenvalue weighted by Gasteiger charge is 2.41. The molecule has 2 bridgehead atoms. The summed E-state index contributed by atoms with van der Waals surface area (Å²) in [6, 6.07) is 1.51. The van der Waals surface area contributed by atoms with Gasteiger partial charge in [-0.25, -0.2) is 0 Å². The summed E-state index contributed by atoms with van der Waals surface area (Å²) in [6.45, 7) is 0. The topological polar surface area (TPSA) is 21.3 Å². The van der Waals surface area contributed by atoms with Gasteiger partial charge >= 0.3 is 0 Å². The van der Waals surface area contributed by atoms with E-state index in [1.165, 1.54) is 44.9 Å². The second kappa shape index (κ2) is 3.25. The zero-order chi connectivity index (χ0) is 8.67. The Morgan fingerprint density at radius 1 is 1.00 bits per heavy atom. The van der Waals surface area contributed by atoms with Crippen LogP contribution < -0.4 is 5.32 Å². The second-order valence-electron chi connectivity index (χ2n) is 4.86. The molecule has 74 valence electrons. The van der Waals surface area contributed by atoms with E-state index in [9.17, 15) is 0 Å². The second-order valence-corrected chi connectivity index (χ2v) is 4.86. The van der Waals surface area contributed by atoms with E-state index in [0.717, 1.165) is 6.04 Å². The van der Waals surface area contributed by atoms with Gasteiger partial charge in [-0.2, -0.15) is 0 Å². The van der Waals surface area contributed by atoms with Crippen LogP contribution in [-0.4, -0.2) is 24.3 Å². The Labute approximate surface area is 80.0 Å². The van der Waals surface area contributed by atoms with Crippen LogP contribution in [-0.2, 0) is 4.74 Å². The van der Waals surface area contributed by atoms with Crippen molar-refractivity contribution in [2.24, 2.45) is 0 Å². The monoisotopic (exact) mass is 181 g/mol. The summed E-state index contributed by atoms with van der Waals surface area (Å²) >= 11 is 0. The molecule has 0 aromatic rings. The van der Waals surface area contributed by atoms with Crippen LogP contribution >= 0.6 is 0 Å². The molecule has 0 radical (unpaired) electrons. The summed E-state index contributed by atoms with van der Waals surface area (Å²) in [5.74, 6) is 0. The highest BCUT2D eigenvalue weighted by molar-refractivity contribution is 4.95. The lowest BCUT2D eigenvalue weighted by Crippen LogP contribution is -2.42. The van der Waals surface area contributed by atoms with Gasteiger partial charge in [0.15, 0.2) is 0 Å². The van der Waals surface area contributed by atoms with E-state index in [2.05, 4.69) is 5.32 Å². The fourth-order valence-corrected chi connectivity index (χ4v) is 3.21. The summed E-state index contributed by atoms with van der Waals surface area (Å²) in [6.07, 6.45) is 10.7. The van der Waals surface area contributed by atoms with E-state index in [1.54, 1.807) is 0 Å². The summed E-state index contributed by atoms with van der Waals surface area (Å²) in [4.78, 5) is 0. The van der Waals surface area contributed by atoms with Crippen molar-refractivity contribution in [2.75, 3.05) is 0 Å². The lowest BCUT2D eigenvalue weighted by atomic mass is 9.95. The summed E-state index contributed by atoms with van der Waals surface area (Å²) in [5.41, 5.74) is 0. The van der Waals surface area contributed by atoms with Gasteiger partial charge in [-0.05, 0) is 32.1 Å². The normalized spacial score (nSPS) is 44.8. The molecule has 0 spiro atoms. The highest BCUT2D eigenvalue weighted by atomic mass is 16.5. The van der Waals surface area contributed by atoms with Gasteiger partial charge < -0.3 is 10.1 Å². The van der Waals surface area contributed by atoms with Crippen molar-refractivity contribution in [1.29, 1.82) is 0 Å². The van der Waals surface area contributed by atoms with Crippen LogP contribution in [0.2, 0.25) is 0 Å². The van der Waals surface area contributed by atoms with Gasteiger partial charge in [-0.1, -0.05) is 12.8 Å². The van der Waals surface area contributed by atoms with Gasteiger partial charge in [0.1, 0.15) is 0 Å². The number of fused-ring (bicyclic) bond motifs is 2. The first-order valence-corrected chi connectivity index (χ1v) is 5.83. The molecule has 2 heteroatoms. The van der Waals surface area contributed by atoms with Crippen LogP contribution in [0, 0.1) is 0 Å². The first-order chi connectivity index (χ1) is 6.42. The van der Waals surface area contributed by atoms with Crippen molar-refractivity contribution in [2.45, 2.75) is 69.2 Å². The number of hydrogen-bond donors (Lipinski definition) is 1. The van der Waals surface area contributed by atoms with Crippen molar-refractivity contribution >= 4 is 0 Å². The molecule has 1 aliphatic carbocycles. The molecule has 0 amide bonds. The van der Waals surface area contributed by atoms with Crippen LogP contribution in [0.1, 0.15) is 44.9 Å². The lowest BCUT2D eigenvalue weighted by molar-refractivity contribution is 0.0961. The molecule has 0 unspecified atom stereocenters. The van der Waals surface area contributed by atoms with Gasteiger partial charge in [-0.3, -0.25) is 0 Å². The first-order valence-electron chi connectivity index (χ1n) is 5.83. The van der Waals surface area contributed by atoms with E-state index in [1.807, 2.05) is 0 Å². The Morgan fingerprint density at radius 3 is 2.46 bits per heavy atom. The van der Waals surface area contributed by atoms with E-state index in [0.29, 0.717) is 18.2 Å². The summed E-state index contributed by atoms with van der Waals surface area (Å²) < 4.78 is 5.83. The lowest BCUT2D eigenvalue weighted by Gasteiger charge is -2.24. The van der Waals surface area contributed by atoms with Crippen molar-refractivity contribution in [3.05, 3.63) is 0 Å². The van der Waals surface area contributed by atoms with Gasteiger partial charge in [0.25, 0.3) is 0 Å². The largest absolute Gasteiger partial charge is 0.373 e. The molecule has 0 aromatic carbocycles. The Hall–Kier alpha value is -0.0800. The fraction of sp³-hybridized carbons (Fsp3) is 1.00. The molecular formula is C11H19NO. The molecule has 2 aliphatic heterocycles. The van der Waals surface area contributed by atoms with Crippen molar-refractivity contribution < 1.29 is 4.74 Å². The minimum Gasteiger partial charge on any atom is -0.373 e. The van der Waals surface area contributed by atoms with E-state index in [-0.39, 0.29) is 0 Å².